The highest BCUT2D eigenvalue weighted by Gasteiger charge is 2.02. The van der Waals surface area contributed by atoms with Crippen molar-refractivity contribution < 1.29 is 4.79 Å². The number of anilines is 1. The number of nitrogens with zero attached hydrogens (tertiary/aromatic N) is 1. The average molecular weight is 199 g/mol. The van der Waals surface area contributed by atoms with Crippen molar-refractivity contribution in [2.75, 3.05) is 11.9 Å². The Morgan fingerprint density at radius 2 is 2.46 bits per heavy atom. The lowest BCUT2D eigenvalue weighted by molar-refractivity contribution is 0.251. The van der Waals surface area contributed by atoms with Crippen LogP contribution in [0.2, 0.25) is 0 Å². The van der Waals surface area contributed by atoms with E-state index in [1.165, 1.54) is 11.5 Å². The highest BCUT2D eigenvalue weighted by Crippen LogP contribution is 2.10. The smallest absolute Gasteiger partial charge is 0.319 e. The molecule has 0 saturated heterocycles. The van der Waals surface area contributed by atoms with Crippen molar-refractivity contribution in [3.63, 3.8) is 0 Å². The molecule has 0 saturated carbocycles. The van der Waals surface area contributed by atoms with Crippen molar-refractivity contribution in [3.05, 3.63) is 12.3 Å². The number of aromatic nitrogens is 1. The summed E-state index contributed by atoms with van der Waals surface area (Å²) in [7, 11) is 0. The number of nitrogens with one attached hydrogen (secondary N) is 2. The zero-order valence-electron chi connectivity index (χ0n) is 7.70. The molecule has 0 radical (unpaired) electrons. The van der Waals surface area contributed by atoms with E-state index < -0.39 is 0 Å². The van der Waals surface area contributed by atoms with Crippen LogP contribution < -0.4 is 10.6 Å². The molecule has 0 fully saturated rings. The second kappa shape index (κ2) is 4.81. The van der Waals surface area contributed by atoms with Gasteiger partial charge in [-0.3, -0.25) is 5.32 Å². The minimum Gasteiger partial charge on any atom is -0.338 e. The van der Waals surface area contributed by atoms with Crippen LogP contribution >= 0.6 is 11.5 Å². The molecule has 0 aliphatic rings. The monoisotopic (exact) mass is 199 g/mol. The number of hydrogen-bond donors (Lipinski definition) is 2. The highest BCUT2D eigenvalue weighted by atomic mass is 32.1. The number of rotatable bonds is 3. The van der Waals surface area contributed by atoms with Gasteiger partial charge in [0.15, 0.2) is 0 Å². The Balaban J connectivity index is 2.26. The van der Waals surface area contributed by atoms with E-state index in [-0.39, 0.29) is 6.03 Å². The SMILES string of the molecule is CC(C)CNC(=O)Nc1ccns1. The Hall–Kier alpha value is -1.10. The number of hydrogen-bond acceptors (Lipinski definition) is 3. The summed E-state index contributed by atoms with van der Waals surface area (Å²) in [6, 6.07) is 1.59. The molecule has 0 atom stereocenters. The zero-order chi connectivity index (χ0) is 9.68. The fraction of sp³-hybridized carbons (Fsp3) is 0.500. The summed E-state index contributed by atoms with van der Waals surface area (Å²) < 4.78 is 3.87. The topological polar surface area (TPSA) is 54.0 Å². The average Bonchev–Trinajstić information content (AvgIpc) is 2.53. The van der Waals surface area contributed by atoms with Crippen molar-refractivity contribution in [3.8, 4) is 0 Å². The van der Waals surface area contributed by atoms with Crippen molar-refractivity contribution in [1.29, 1.82) is 0 Å². The zero-order valence-corrected chi connectivity index (χ0v) is 8.52. The molecule has 2 amide bonds. The van der Waals surface area contributed by atoms with Gasteiger partial charge in [0.1, 0.15) is 5.00 Å². The Kier molecular flexibility index (Phi) is 3.70. The first-order valence-corrected chi connectivity index (χ1v) is 4.91. The third-order valence-corrected chi connectivity index (χ3v) is 2.01. The van der Waals surface area contributed by atoms with Gasteiger partial charge < -0.3 is 5.32 Å². The normalized spacial score (nSPS) is 10.1. The van der Waals surface area contributed by atoms with Gasteiger partial charge in [0.2, 0.25) is 0 Å². The van der Waals surface area contributed by atoms with E-state index in [0.29, 0.717) is 12.5 Å². The van der Waals surface area contributed by atoms with Gasteiger partial charge in [0.25, 0.3) is 0 Å². The van der Waals surface area contributed by atoms with Crippen molar-refractivity contribution in [2.45, 2.75) is 13.8 Å². The fourth-order valence-corrected chi connectivity index (χ4v) is 1.23. The van der Waals surface area contributed by atoms with Crippen LogP contribution in [-0.2, 0) is 0 Å². The van der Waals surface area contributed by atoms with Gasteiger partial charge in [-0.05, 0) is 23.5 Å². The summed E-state index contributed by atoms with van der Waals surface area (Å²) in [6.45, 7) is 4.78. The molecular weight excluding hydrogens is 186 g/mol. The molecule has 2 N–H and O–H groups in total. The van der Waals surface area contributed by atoms with Gasteiger partial charge >= 0.3 is 6.03 Å². The van der Waals surface area contributed by atoms with Crippen molar-refractivity contribution >= 4 is 22.6 Å². The maximum atomic E-state index is 11.2. The molecule has 0 aromatic carbocycles. The summed E-state index contributed by atoms with van der Waals surface area (Å²) in [5.41, 5.74) is 0. The minimum atomic E-state index is -0.169. The van der Waals surface area contributed by atoms with Crippen LogP contribution in [0.4, 0.5) is 9.80 Å². The van der Waals surface area contributed by atoms with Gasteiger partial charge in [-0.25, -0.2) is 4.79 Å². The van der Waals surface area contributed by atoms with E-state index in [1.54, 1.807) is 12.3 Å². The quantitative estimate of drug-likeness (QED) is 0.781. The van der Waals surface area contributed by atoms with Gasteiger partial charge in [0.05, 0.1) is 0 Å². The molecule has 5 heteroatoms. The maximum absolute atomic E-state index is 11.2. The molecule has 1 aromatic heterocycles. The first-order chi connectivity index (χ1) is 6.18. The van der Waals surface area contributed by atoms with Gasteiger partial charge in [0, 0.05) is 12.7 Å². The number of carbonyl (C=O) groups excluding carboxylic acids is 1. The summed E-state index contributed by atoms with van der Waals surface area (Å²) >= 11 is 1.26. The minimum absolute atomic E-state index is 0.169. The number of amides is 2. The second-order valence-electron chi connectivity index (χ2n) is 3.11. The summed E-state index contributed by atoms with van der Waals surface area (Å²) in [5, 5.41) is 6.20. The number of urea groups is 1. The van der Waals surface area contributed by atoms with E-state index in [0.717, 1.165) is 5.00 Å². The third kappa shape index (κ3) is 3.89. The predicted molar refractivity (Wildman–Crippen MR) is 54.0 cm³/mol. The van der Waals surface area contributed by atoms with Gasteiger partial charge in [-0.15, -0.1) is 0 Å². The van der Waals surface area contributed by atoms with Gasteiger partial charge in [-0.2, -0.15) is 4.37 Å². The van der Waals surface area contributed by atoms with Crippen LogP contribution in [-0.4, -0.2) is 16.9 Å². The molecule has 1 rings (SSSR count). The Labute approximate surface area is 81.5 Å². The maximum Gasteiger partial charge on any atom is 0.319 e. The standard InChI is InChI=1S/C8H13N3OS/c1-6(2)5-9-8(12)11-7-3-4-10-13-7/h3-4,6H,5H2,1-2H3,(H2,9,11,12). The molecule has 72 valence electrons. The van der Waals surface area contributed by atoms with E-state index in [2.05, 4.69) is 15.0 Å². The Bertz CT molecular complexity index is 258. The largest absolute Gasteiger partial charge is 0.338 e. The highest BCUT2D eigenvalue weighted by molar-refractivity contribution is 7.10. The van der Waals surface area contributed by atoms with Crippen LogP contribution in [0.15, 0.2) is 12.3 Å². The van der Waals surface area contributed by atoms with Crippen LogP contribution in [0.25, 0.3) is 0 Å². The summed E-state index contributed by atoms with van der Waals surface area (Å²) in [6.07, 6.45) is 1.66. The van der Waals surface area contributed by atoms with E-state index >= 15 is 0 Å². The van der Waals surface area contributed by atoms with Crippen LogP contribution in [0.1, 0.15) is 13.8 Å². The second-order valence-corrected chi connectivity index (χ2v) is 3.94. The lowest BCUT2D eigenvalue weighted by atomic mass is 10.2. The first kappa shape index (κ1) is 9.98. The lowest BCUT2D eigenvalue weighted by Crippen LogP contribution is -2.31. The Morgan fingerprint density at radius 3 is 3.00 bits per heavy atom. The van der Waals surface area contributed by atoms with Crippen molar-refractivity contribution in [2.24, 2.45) is 5.92 Å². The molecule has 0 aliphatic heterocycles. The number of carbonyl (C=O) groups is 1. The van der Waals surface area contributed by atoms with Gasteiger partial charge in [-0.1, -0.05) is 13.8 Å². The molecule has 13 heavy (non-hydrogen) atoms. The van der Waals surface area contributed by atoms with Crippen LogP contribution in [0.5, 0.6) is 0 Å². The summed E-state index contributed by atoms with van der Waals surface area (Å²) in [5.74, 6) is 0.465. The summed E-state index contributed by atoms with van der Waals surface area (Å²) in [4.78, 5) is 11.2. The van der Waals surface area contributed by atoms with Crippen LogP contribution in [0.3, 0.4) is 0 Å². The molecule has 0 unspecified atom stereocenters. The molecular formula is C8H13N3OS. The third-order valence-electron chi connectivity index (χ3n) is 1.35. The first-order valence-electron chi connectivity index (χ1n) is 4.14. The molecule has 1 aromatic rings. The van der Waals surface area contributed by atoms with Crippen molar-refractivity contribution in [1.82, 2.24) is 9.69 Å². The van der Waals surface area contributed by atoms with E-state index in [1.807, 2.05) is 13.8 Å². The molecule has 0 aliphatic carbocycles. The predicted octanol–water partition coefficient (Wildman–Crippen LogP) is 1.92. The fourth-order valence-electron chi connectivity index (χ4n) is 0.733. The lowest BCUT2D eigenvalue weighted by Gasteiger charge is -2.07. The molecule has 1 heterocycles. The van der Waals surface area contributed by atoms with Crippen LogP contribution in [0, 0.1) is 5.92 Å². The van der Waals surface area contributed by atoms with E-state index in [9.17, 15) is 4.79 Å². The Morgan fingerprint density at radius 1 is 1.69 bits per heavy atom. The van der Waals surface area contributed by atoms with E-state index in [4.69, 9.17) is 0 Å². The molecule has 0 bridgehead atoms. The molecule has 0 spiro atoms. The molecule has 4 nitrogen and oxygen atoms in total.